The number of likely N-dealkylation sites (tertiary alicyclic amines) is 1. The summed E-state index contributed by atoms with van der Waals surface area (Å²) >= 11 is 0. The molecule has 0 saturated carbocycles. The number of hydrogen-bond donors (Lipinski definition) is 3. The molecule has 2 fully saturated rings. The number of rotatable bonds is 4. The van der Waals surface area contributed by atoms with Crippen LogP contribution in [-0.2, 0) is 26.0 Å². The zero-order valence-corrected chi connectivity index (χ0v) is 19.0. The lowest BCUT2D eigenvalue weighted by Crippen LogP contribution is -2.63. The van der Waals surface area contributed by atoms with Gasteiger partial charge in [-0.3, -0.25) is 0 Å². The topological polar surface area (TPSA) is 127 Å². The zero-order valence-electron chi connectivity index (χ0n) is 19.0. The molecule has 0 radical (unpaired) electrons. The lowest BCUT2D eigenvalue weighted by atomic mass is 9.53. The maximum Gasteiger partial charge on any atom is 0.513 e. The van der Waals surface area contributed by atoms with Gasteiger partial charge in [0.05, 0.1) is 7.11 Å². The van der Waals surface area contributed by atoms with Crippen LogP contribution in [0, 0.1) is 5.92 Å². The number of aliphatic hydroxyl groups is 3. The molecule has 34 heavy (non-hydrogen) atoms. The summed E-state index contributed by atoms with van der Waals surface area (Å²) in [4.78, 5) is 15.0. The van der Waals surface area contributed by atoms with E-state index in [1.807, 2.05) is 12.1 Å². The maximum atomic E-state index is 12.6. The summed E-state index contributed by atoms with van der Waals surface area (Å²) in [6, 6.07) is 4.43. The van der Waals surface area contributed by atoms with Gasteiger partial charge in [-0.25, -0.2) is 4.79 Å². The van der Waals surface area contributed by atoms with Crippen molar-refractivity contribution < 1.29 is 43.8 Å². The normalized spacial score (nSPS) is 39.7. The third kappa shape index (κ3) is 2.96. The number of nitrogens with zero attached hydrogens (tertiary/aromatic N) is 1. The van der Waals surface area contributed by atoms with Crippen molar-refractivity contribution in [3.05, 3.63) is 35.1 Å². The Balaban J connectivity index is 1.26. The first-order valence-corrected chi connectivity index (χ1v) is 11.7. The van der Waals surface area contributed by atoms with Gasteiger partial charge >= 0.3 is 6.16 Å². The fraction of sp³-hybridized carbons (Fsp3) is 0.625. The van der Waals surface area contributed by atoms with Gasteiger partial charge in [-0.05, 0) is 56.5 Å². The molecular weight excluding hydrogens is 446 g/mol. The number of carbonyl (C=O) groups is 1. The number of aliphatic hydroxyl groups excluding tert-OH is 3. The van der Waals surface area contributed by atoms with E-state index in [9.17, 15) is 20.1 Å². The molecule has 6 rings (SSSR count). The highest BCUT2D eigenvalue weighted by Crippen LogP contribution is 2.63. The predicted octanol–water partition coefficient (Wildman–Crippen LogP) is 0.450. The van der Waals surface area contributed by atoms with Gasteiger partial charge < -0.3 is 43.9 Å². The van der Waals surface area contributed by atoms with E-state index in [0.717, 1.165) is 31.6 Å². The Bertz CT molecular complexity index is 1040. The Hall–Kier alpha value is -2.37. The van der Waals surface area contributed by atoms with Crippen molar-refractivity contribution in [1.82, 2.24) is 4.90 Å². The van der Waals surface area contributed by atoms with Gasteiger partial charge in [-0.1, -0.05) is 6.07 Å². The van der Waals surface area contributed by atoms with Crippen LogP contribution >= 0.6 is 0 Å². The standard InChI is InChI=1S/C24H29NO9/c1-25-8-7-24-12-4-6-15(33-23(29)31-10-16-18(26)19(27)22(28)32-16)21(24)34-20-14(30-2)5-3-11(17(20)24)9-13(12)25/h3,5-6,12-13,16,18-19,21-22,26-28H,4,7-10H2,1-2H3/t12?,13-,16-,18+,19?,21?,22?,24+/m1/s1. The summed E-state index contributed by atoms with van der Waals surface area (Å²) in [5.41, 5.74) is 2.12. The minimum atomic E-state index is -1.53. The van der Waals surface area contributed by atoms with E-state index in [-0.39, 0.29) is 12.0 Å². The van der Waals surface area contributed by atoms with E-state index in [1.165, 1.54) is 11.1 Å². The molecule has 2 bridgehead atoms. The predicted molar refractivity (Wildman–Crippen MR) is 115 cm³/mol. The molecule has 0 aromatic heterocycles. The molecule has 1 spiro atoms. The second kappa shape index (κ2) is 7.82. The van der Waals surface area contributed by atoms with E-state index in [4.69, 9.17) is 23.7 Å². The second-order valence-corrected chi connectivity index (χ2v) is 9.83. The highest BCUT2D eigenvalue weighted by atomic mass is 16.7. The molecule has 1 aromatic carbocycles. The largest absolute Gasteiger partial charge is 0.513 e. The molecule has 1 aromatic rings. The van der Waals surface area contributed by atoms with Gasteiger partial charge in [-0.15, -0.1) is 0 Å². The van der Waals surface area contributed by atoms with Gasteiger partial charge in [0.25, 0.3) is 0 Å². The number of likely N-dealkylation sites (N-methyl/N-ethyl adjacent to an activating group) is 1. The summed E-state index contributed by atoms with van der Waals surface area (Å²) in [6.07, 6.45) is -2.36. The van der Waals surface area contributed by atoms with Crippen LogP contribution in [0.15, 0.2) is 24.0 Å². The summed E-state index contributed by atoms with van der Waals surface area (Å²) in [7, 11) is 3.79. The van der Waals surface area contributed by atoms with Crippen LogP contribution in [0.1, 0.15) is 24.0 Å². The first-order valence-electron chi connectivity index (χ1n) is 11.7. The van der Waals surface area contributed by atoms with Crippen molar-refractivity contribution >= 4 is 6.16 Å². The molecule has 8 atom stereocenters. The lowest BCUT2D eigenvalue weighted by molar-refractivity contribution is -0.134. The number of hydrogen-bond acceptors (Lipinski definition) is 10. The lowest BCUT2D eigenvalue weighted by Gasteiger charge is -2.56. The Morgan fingerprint density at radius 1 is 1.26 bits per heavy atom. The molecule has 0 amide bonds. The van der Waals surface area contributed by atoms with Crippen LogP contribution in [0.25, 0.3) is 0 Å². The number of ether oxygens (including phenoxy) is 5. The Kier molecular flexibility index (Phi) is 5.09. The van der Waals surface area contributed by atoms with Gasteiger partial charge in [0.1, 0.15) is 30.7 Å². The average Bonchev–Trinajstić information content (AvgIpc) is 3.30. The molecule has 2 saturated heterocycles. The third-order valence-electron chi connectivity index (χ3n) is 8.33. The number of methoxy groups -OCH3 is 1. The van der Waals surface area contributed by atoms with Crippen LogP contribution in [0.4, 0.5) is 4.79 Å². The summed E-state index contributed by atoms with van der Waals surface area (Å²) in [6.45, 7) is 0.544. The quantitative estimate of drug-likeness (QED) is 0.528. The van der Waals surface area contributed by atoms with Crippen molar-refractivity contribution in [3.8, 4) is 11.5 Å². The molecule has 10 heteroatoms. The number of piperidine rings is 1. The summed E-state index contributed by atoms with van der Waals surface area (Å²) in [5.74, 6) is 2.13. The van der Waals surface area contributed by atoms with Crippen molar-refractivity contribution in [2.24, 2.45) is 5.92 Å². The maximum absolute atomic E-state index is 12.6. The van der Waals surface area contributed by atoms with Crippen LogP contribution in [0.2, 0.25) is 0 Å². The first kappa shape index (κ1) is 22.1. The Labute approximate surface area is 196 Å². The number of benzene rings is 1. The second-order valence-electron chi connectivity index (χ2n) is 9.83. The van der Waals surface area contributed by atoms with Crippen LogP contribution in [0.3, 0.4) is 0 Å². The monoisotopic (exact) mass is 475 g/mol. The number of carbonyl (C=O) groups excluding carboxylic acids is 1. The van der Waals surface area contributed by atoms with E-state index in [2.05, 4.69) is 18.0 Å². The van der Waals surface area contributed by atoms with Crippen LogP contribution < -0.4 is 9.47 Å². The molecule has 3 aliphatic heterocycles. The van der Waals surface area contributed by atoms with Crippen molar-refractivity contribution in [3.63, 3.8) is 0 Å². The molecule has 2 aliphatic carbocycles. The highest BCUT2D eigenvalue weighted by molar-refractivity contribution is 5.65. The van der Waals surface area contributed by atoms with E-state index in [0.29, 0.717) is 23.5 Å². The Morgan fingerprint density at radius 3 is 2.82 bits per heavy atom. The highest BCUT2D eigenvalue weighted by Gasteiger charge is 2.65. The summed E-state index contributed by atoms with van der Waals surface area (Å²) in [5, 5.41) is 29.0. The molecule has 3 heterocycles. The molecule has 10 nitrogen and oxygen atoms in total. The van der Waals surface area contributed by atoms with Gasteiger partial charge in [0, 0.05) is 17.0 Å². The third-order valence-corrected chi connectivity index (χ3v) is 8.33. The minimum absolute atomic E-state index is 0.308. The fourth-order valence-electron chi connectivity index (χ4n) is 6.71. The smallest absolute Gasteiger partial charge is 0.493 e. The molecular formula is C24H29NO9. The van der Waals surface area contributed by atoms with E-state index < -0.39 is 36.9 Å². The molecule has 184 valence electrons. The number of allylic oxidation sites excluding steroid dienone is 1. The van der Waals surface area contributed by atoms with Crippen molar-refractivity contribution in [2.75, 3.05) is 27.3 Å². The molecule has 3 N–H and O–H groups in total. The van der Waals surface area contributed by atoms with E-state index >= 15 is 0 Å². The minimum Gasteiger partial charge on any atom is -0.493 e. The average molecular weight is 475 g/mol. The fourth-order valence-corrected chi connectivity index (χ4v) is 6.71. The first-order chi connectivity index (χ1) is 16.3. The van der Waals surface area contributed by atoms with Gasteiger partial charge in [0.15, 0.2) is 23.9 Å². The van der Waals surface area contributed by atoms with Crippen molar-refractivity contribution in [1.29, 1.82) is 0 Å². The van der Waals surface area contributed by atoms with Crippen molar-refractivity contribution in [2.45, 2.75) is 61.4 Å². The van der Waals surface area contributed by atoms with Crippen LogP contribution in [-0.4, -0.2) is 90.4 Å². The Morgan fingerprint density at radius 2 is 2.09 bits per heavy atom. The van der Waals surface area contributed by atoms with E-state index in [1.54, 1.807) is 7.11 Å². The van der Waals surface area contributed by atoms with Gasteiger partial charge in [0.2, 0.25) is 0 Å². The van der Waals surface area contributed by atoms with Crippen LogP contribution in [0.5, 0.6) is 11.5 Å². The zero-order chi connectivity index (χ0) is 23.8. The summed E-state index contributed by atoms with van der Waals surface area (Å²) < 4.78 is 27.9. The molecule has 5 aliphatic rings. The SMILES string of the molecule is COc1ccc2c3c1OC1C(OC(=O)OC[C@H]4OC(O)C(O)[C@H]4O)=CCC4[C@@H](C2)N(C)CC[C@]314. The molecule has 4 unspecified atom stereocenters. The van der Waals surface area contributed by atoms with Gasteiger partial charge in [-0.2, -0.15) is 0 Å².